The van der Waals surface area contributed by atoms with Crippen molar-refractivity contribution in [1.29, 1.82) is 0 Å². The first-order valence-corrected chi connectivity index (χ1v) is 5.89. The molecule has 0 heterocycles. The van der Waals surface area contributed by atoms with Crippen LogP contribution in [0.1, 0.15) is 17.5 Å². The molecule has 0 radical (unpaired) electrons. The van der Waals surface area contributed by atoms with Gasteiger partial charge >= 0.3 is 0 Å². The Morgan fingerprint density at radius 2 is 2.29 bits per heavy atom. The Morgan fingerprint density at radius 1 is 1.50 bits per heavy atom. The normalized spacial score (nSPS) is 10.6. The molecule has 2 N–H and O–H groups in total. The van der Waals surface area contributed by atoms with Crippen molar-refractivity contribution in [2.75, 3.05) is 5.33 Å². The van der Waals surface area contributed by atoms with Crippen LogP contribution in [-0.4, -0.2) is 10.3 Å². The Bertz CT molecular complexity index is 347. The third kappa shape index (κ3) is 3.60. The molecule has 0 saturated carbocycles. The number of alkyl halides is 1. The lowest BCUT2D eigenvalue weighted by Crippen LogP contribution is -2.08. The van der Waals surface area contributed by atoms with Crippen molar-refractivity contribution in [3.8, 4) is 0 Å². The zero-order valence-electron chi connectivity index (χ0n) is 7.74. The van der Waals surface area contributed by atoms with Gasteiger partial charge in [0.15, 0.2) is 0 Å². The first kappa shape index (κ1) is 11.4. The van der Waals surface area contributed by atoms with E-state index < -0.39 is 0 Å². The van der Waals surface area contributed by atoms with Crippen molar-refractivity contribution in [2.45, 2.75) is 6.42 Å². The topological polar surface area (TPSA) is 26.0 Å². The third-order valence-corrected chi connectivity index (χ3v) is 2.45. The van der Waals surface area contributed by atoms with Gasteiger partial charge in [-0.15, -0.1) is 0 Å². The van der Waals surface area contributed by atoms with Crippen molar-refractivity contribution in [3.05, 3.63) is 41.5 Å². The minimum atomic E-state index is 0.445. The van der Waals surface area contributed by atoms with Gasteiger partial charge in [0.05, 0.1) is 0 Å². The molecule has 1 aromatic carbocycles. The van der Waals surface area contributed by atoms with Gasteiger partial charge in [0.2, 0.25) is 0 Å². The van der Waals surface area contributed by atoms with Crippen molar-refractivity contribution in [3.63, 3.8) is 0 Å². The van der Waals surface area contributed by atoms with Crippen LogP contribution in [0.2, 0.25) is 0 Å². The Balaban J connectivity index is 2.78. The van der Waals surface area contributed by atoms with Gasteiger partial charge in [-0.25, -0.2) is 0 Å². The number of rotatable bonds is 4. The highest BCUT2D eigenvalue weighted by molar-refractivity contribution is 9.09. The van der Waals surface area contributed by atoms with Crippen LogP contribution in [0.5, 0.6) is 0 Å². The summed E-state index contributed by atoms with van der Waals surface area (Å²) >= 11 is 8.27. The van der Waals surface area contributed by atoms with Crippen molar-refractivity contribution in [2.24, 2.45) is 5.73 Å². The molecule has 14 heavy (non-hydrogen) atoms. The van der Waals surface area contributed by atoms with Gasteiger partial charge in [0, 0.05) is 10.9 Å². The second-order valence-corrected chi connectivity index (χ2v) is 4.10. The number of nitrogens with two attached hydrogens (primary N) is 1. The van der Waals surface area contributed by atoms with Crippen molar-refractivity contribution in [1.82, 2.24) is 0 Å². The number of benzene rings is 1. The van der Waals surface area contributed by atoms with Crippen LogP contribution in [0.15, 0.2) is 30.3 Å². The minimum absolute atomic E-state index is 0.445. The summed E-state index contributed by atoms with van der Waals surface area (Å²) in [5.41, 5.74) is 7.59. The fraction of sp³-hybridized carbons (Fsp3) is 0.182. The van der Waals surface area contributed by atoms with E-state index in [4.69, 9.17) is 18.0 Å². The highest BCUT2D eigenvalue weighted by Gasteiger charge is 1.94. The molecule has 0 fully saturated rings. The summed E-state index contributed by atoms with van der Waals surface area (Å²) in [7, 11) is 0. The molecule has 0 aromatic heterocycles. The smallest absolute Gasteiger partial charge is 0.104 e. The quantitative estimate of drug-likeness (QED) is 0.672. The third-order valence-electron chi connectivity index (χ3n) is 1.76. The number of thiocarbonyl (C=S) groups is 1. The number of halogens is 1. The number of allylic oxidation sites excluding steroid dienone is 1. The zero-order chi connectivity index (χ0) is 10.4. The minimum Gasteiger partial charge on any atom is -0.389 e. The summed E-state index contributed by atoms with van der Waals surface area (Å²) in [5, 5.41) is 0.985. The molecule has 1 nitrogen and oxygen atoms in total. The molecule has 0 aliphatic heterocycles. The van der Waals surface area contributed by atoms with E-state index in [2.05, 4.69) is 28.1 Å². The van der Waals surface area contributed by atoms with Crippen LogP contribution in [-0.2, 0) is 0 Å². The Morgan fingerprint density at radius 3 is 2.93 bits per heavy atom. The Hall–Kier alpha value is -0.670. The van der Waals surface area contributed by atoms with Gasteiger partial charge in [-0.3, -0.25) is 0 Å². The van der Waals surface area contributed by atoms with Crippen LogP contribution in [0.4, 0.5) is 0 Å². The van der Waals surface area contributed by atoms with E-state index in [0.29, 0.717) is 4.99 Å². The van der Waals surface area contributed by atoms with E-state index in [1.807, 2.05) is 24.3 Å². The summed E-state index contributed by atoms with van der Waals surface area (Å²) in [6, 6.07) is 7.91. The standard InChI is InChI=1S/C11H12BrNS/c12-7-2-1-4-9-5-3-6-10(8-9)11(13)14/h1,3-6,8H,2,7H2,(H2,13,14). The molecule has 0 aliphatic carbocycles. The highest BCUT2D eigenvalue weighted by atomic mass is 79.9. The molecule has 0 bridgehead atoms. The second-order valence-electron chi connectivity index (χ2n) is 2.87. The average Bonchev–Trinajstić information content (AvgIpc) is 2.19. The van der Waals surface area contributed by atoms with Gasteiger partial charge in [0.1, 0.15) is 4.99 Å². The maximum Gasteiger partial charge on any atom is 0.104 e. The van der Waals surface area contributed by atoms with E-state index in [9.17, 15) is 0 Å². The van der Waals surface area contributed by atoms with Crippen molar-refractivity contribution < 1.29 is 0 Å². The molecule has 3 heteroatoms. The molecule has 0 saturated heterocycles. The molecule has 1 rings (SSSR count). The van der Waals surface area contributed by atoms with Crippen LogP contribution >= 0.6 is 28.1 Å². The molecule has 0 spiro atoms. The predicted molar refractivity (Wildman–Crippen MR) is 69.8 cm³/mol. The second kappa shape index (κ2) is 5.94. The van der Waals surface area contributed by atoms with Gasteiger partial charge in [-0.05, 0) is 18.1 Å². The highest BCUT2D eigenvalue weighted by Crippen LogP contribution is 2.07. The monoisotopic (exact) mass is 269 g/mol. The van der Waals surface area contributed by atoms with E-state index in [1.165, 1.54) is 0 Å². The van der Waals surface area contributed by atoms with E-state index >= 15 is 0 Å². The first-order valence-electron chi connectivity index (χ1n) is 4.36. The van der Waals surface area contributed by atoms with Crippen molar-refractivity contribution >= 4 is 39.2 Å². The van der Waals surface area contributed by atoms with E-state index in [0.717, 1.165) is 22.9 Å². The van der Waals surface area contributed by atoms with Crippen LogP contribution in [0.25, 0.3) is 6.08 Å². The largest absolute Gasteiger partial charge is 0.389 e. The van der Waals surface area contributed by atoms with Gasteiger partial charge in [-0.2, -0.15) is 0 Å². The van der Waals surface area contributed by atoms with Crippen LogP contribution in [0.3, 0.4) is 0 Å². The average molecular weight is 270 g/mol. The molecular formula is C11H12BrNS. The SMILES string of the molecule is NC(=S)c1cccc(C=CCCBr)c1. The molecule has 0 atom stereocenters. The van der Waals surface area contributed by atoms with Gasteiger partial charge in [0.25, 0.3) is 0 Å². The van der Waals surface area contributed by atoms with Crippen LogP contribution in [0, 0.1) is 0 Å². The molecule has 74 valence electrons. The molecule has 0 amide bonds. The lowest BCUT2D eigenvalue weighted by atomic mass is 10.1. The molecular weight excluding hydrogens is 258 g/mol. The van der Waals surface area contributed by atoms with E-state index in [1.54, 1.807) is 0 Å². The summed E-state index contributed by atoms with van der Waals surface area (Å²) in [6.45, 7) is 0. The van der Waals surface area contributed by atoms with Gasteiger partial charge < -0.3 is 5.73 Å². The summed E-state index contributed by atoms with van der Waals surface area (Å²) in [4.78, 5) is 0.445. The maximum absolute atomic E-state index is 5.54. The molecule has 0 aliphatic rings. The fourth-order valence-electron chi connectivity index (χ4n) is 1.08. The summed E-state index contributed by atoms with van der Waals surface area (Å²) in [5.74, 6) is 0. The lowest BCUT2D eigenvalue weighted by Gasteiger charge is -1.99. The molecule has 0 unspecified atom stereocenters. The zero-order valence-corrected chi connectivity index (χ0v) is 10.1. The Labute approximate surface area is 98.1 Å². The van der Waals surface area contributed by atoms with Crippen LogP contribution < -0.4 is 5.73 Å². The predicted octanol–water partition coefficient (Wildman–Crippen LogP) is 3.12. The Kier molecular flexibility index (Phi) is 4.84. The number of hydrogen-bond donors (Lipinski definition) is 1. The van der Waals surface area contributed by atoms with E-state index in [-0.39, 0.29) is 0 Å². The molecule has 1 aromatic rings. The summed E-state index contributed by atoms with van der Waals surface area (Å²) in [6.07, 6.45) is 5.22. The fourth-order valence-corrected chi connectivity index (χ4v) is 1.47. The number of hydrogen-bond acceptors (Lipinski definition) is 1. The lowest BCUT2D eigenvalue weighted by molar-refractivity contribution is 1.27. The van der Waals surface area contributed by atoms with Gasteiger partial charge in [-0.1, -0.05) is 58.5 Å². The summed E-state index contributed by atoms with van der Waals surface area (Å²) < 4.78 is 0. The maximum atomic E-state index is 5.54. The first-order chi connectivity index (χ1) is 6.74.